The predicted molar refractivity (Wildman–Crippen MR) is 41.4 cm³/mol. The van der Waals surface area contributed by atoms with E-state index in [4.69, 9.17) is 13.6 Å². The van der Waals surface area contributed by atoms with Gasteiger partial charge in [-0.15, -0.1) is 0 Å². The van der Waals surface area contributed by atoms with Gasteiger partial charge in [0.25, 0.3) is 0 Å². The van der Waals surface area contributed by atoms with Gasteiger partial charge in [0.05, 0.1) is 20.3 Å². The number of rotatable bonds is 3. The minimum atomic E-state index is -1.32. The third kappa shape index (κ3) is 2.68. The standard InChI is InChI=1S/C6H11O5P/c1-5(6(7)8-2)11-12-9-3-4-10-12/h5H,3-4H2,1-2H3. The van der Waals surface area contributed by atoms with Gasteiger partial charge in [-0.05, 0) is 6.92 Å². The van der Waals surface area contributed by atoms with Crippen LogP contribution in [0.3, 0.4) is 0 Å². The fraction of sp³-hybridized carbons (Fsp3) is 0.833. The summed E-state index contributed by atoms with van der Waals surface area (Å²) < 4.78 is 19.6. The van der Waals surface area contributed by atoms with Crippen molar-refractivity contribution in [2.24, 2.45) is 0 Å². The molecule has 0 aliphatic carbocycles. The second-order valence-corrected chi connectivity index (χ2v) is 3.34. The largest absolute Gasteiger partial charge is 0.467 e. The Kier molecular flexibility index (Phi) is 3.88. The first-order chi connectivity index (χ1) is 5.74. The average molecular weight is 194 g/mol. The first-order valence-electron chi connectivity index (χ1n) is 3.54. The van der Waals surface area contributed by atoms with Crippen LogP contribution in [0.1, 0.15) is 6.92 Å². The summed E-state index contributed by atoms with van der Waals surface area (Å²) in [5.41, 5.74) is 0. The number of carbonyl (C=O) groups is 1. The third-order valence-electron chi connectivity index (χ3n) is 1.25. The van der Waals surface area contributed by atoms with Gasteiger partial charge in [-0.25, -0.2) is 4.79 Å². The van der Waals surface area contributed by atoms with Crippen LogP contribution in [-0.4, -0.2) is 32.4 Å². The van der Waals surface area contributed by atoms with E-state index in [-0.39, 0.29) is 0 Å². The van der Waals surface area contributed by atoms with Crippen molar-refractivity contribution >= 4 is 14.6 Å². The second-order valence-electron chi connectivity index (χ2n) is 2.16. The highest BCUT2D eigenvalue weighted by Crippen LogP contribution is 2.44. The van der Waals surface area contributed by atoms with Crippen LogP contribution in [0.25, 0.3) is 0 Å². The molecule has 1 atom stereocenters. The van der Waals surface area contributed by atoms with Crippen LogP contribution in [0.4, 0.5) is 0 Å². The normalized spacial score (nSPS) is 20.8. The van der Waals surface area contributed by atoms with Crippen LogP contribution in [0.2, 0.25) is 0 Å². The van der Waals surface area contributed by atoms with Crippen molar-refractivity contribution in [3.8, 4) is 0 Å². The molecule has 0 N–H and O–H groups in total. The van der Waals surface area contributed by atoms with Crippen molar-refractivity contribution in [1.82, 2.24) is 0 Å². The Morgan fingerprint density at radius 3 is 2.58 bits per heavy atom. The molecule has 6 heteroatoms. The maximum absolute atomic E-state index is 10.9. The third-order valence-corrected chi connectivity index (χ3v) is 2.53. The summed E-state index contributed by atoms with van der Waals surface area (Å²) in [5.74, 6) is -0.420. The van der Waals surface area contributed by atoms with Crippen molar-refractivity contribution < 1.29 is 23.1 Å². The fourth-order valence-electron chi connectivity index (χ4n) is 0.660. The number of hydrogen-bond acceptors (Lipinski definition) is 5. The topological polar surface area (TPSA) is 54.0 Å². The Labute approximate surface area is 71.9 Å². The van der Waals surface area contributed by atoms with Crippen molar-refractivity contribution in [2.75, 3.05) is 20.3 Å². The van der Waals surface area contributed by atoms with E-state index >= 15 is 0 Å². The molecule has 70 valence electrons. The molecular weight excluding hydrogens is 183 g/mol. The van der Waals surface area contributed by atoms with E-state index in [1.54, 1.807) is 6.92 Å². The average Bonchev–Trinajstić information content (AvgIpc) is 2.55. The molecule has 0 saturated carbocycles. The number of esters is 1. The van der Waals surface area contributed by atoms with E-state index in [2.05, 4.69) is 4.74 Å². The van der Waals surface area contributed by atoms with Gasteiger partial charge in [0.2, 0.25) is 0 Å². The maximum Gasteiger partial charge on any atom is 0.335 e. The molecule has 0 aromatic carbocycles. The summed E-state index contributed by atoms with van der Waals surface area (Å²) in [6.07, 6.45) is -0.626. The Morgan fingerprint density at radius 2 is 2.08 bits per heavy atom. The summed E-state index contributed by atoms with van der Waals surface area (Å²) in [7, 11) is -0.0122. The molecule has 1 aliphatic heterocycles. The van der Waals surface area contributed by atoms with Gasteiger partial charge in [-0.3, -0.25) is 4.52 Å². The number of carbonyl (C=O) groups excluding carboxylic acids is 1. The summed E-state index contributed by atoms with van der Waals surface area (Å²) in [6, 6.07) is 0. The van der Waals surface area contributed by atoms with E-state index in [0.29, 0.717) is 13.2 Å². The molecule has 5 nitrogen and oxygen atoms in total. The molecule has 1 heterocycles. The monoisotopic (exact) mass is 194 g/mol. The fourth-order valence-corrected chi connectivity index (χ4v) is 1.65. The molecule has 0 amide bonds. The molecule has 1 aliphatic rings. The van der Waals surface area contributed by atoms with Crippen molar-refractivity contribution in [3.63, 3.8) is 0 Å². The second kappa shape index (κ2) is 4.72. The van der Waals surface area contributed by atoms with Gasteiger partial charge in [-0.1, -0.05) is 0 Å². The van der Waals surface area contributed by atoms with Gasteiger partial charge in [-0.2, -0.15) is 0 Å². The van der Waals surface area contributed by atoms with Crippen LogP contribution in [0, 0.1) is 0 Å². The molecule has 0 aromatic rings. The molecule has 1 saturated heterocycles. The zero-order chi connectivity index (χ0) is 8.97. The smallest absolute Gasteiger partial charge is 0.335 e. The molecule has 1 unspecified atom stereocenters. The molecule has 1 fully saturated rings. The van der Waals surface area contributed by atoms with E-state index < -0.39 is 20.7 Å². The summed E-state index contributed by atoms with van der Waals surface area (Å²) in [5, 5.41) is 0. The Morgan fingerprint density at radius 1 is 1.50 bits per heavy atom. The lowest BCUT2D eigenvalue weighted by Crippen LogP contribution is -2.20. The van der Waals surface area contributed by atoms with Crippen molar-refractivity contribution in [2.45, 2.75) is 13.0 Å². The van der Waals surface area contributed by atoms with E-state index in [0.717, 1.165) is 0 Å². The van der Waals surface area contributed by atoms with Gasteiger partial charge in [0, 0.05) is 0 Å². The highest BCUT2D eigenvalue weighted by molar-refractivity contribution is 7.42. The molecule has 0 radical (unpaired) electrons. The Balaban J connectivity index is 2.24. The van der Waals surface area contributed by atoms with Crippen molar-refractivity contribution in [3.05, 3.63) is 0 Å². The highest BCUT2D eigenvalue weighted by Gasteiger charge is 2.25. The summed E-state index contributed by atoms with van der Waals surface area (Å²) in [4.78, 5) is 10.9. The zero-order valence-electron chi connectivity index (χ0n) is 6.98. The molecule has 12 heavy (non-hydrogen) atoms. The predicted octanol–water partition coefficient (Wildman–Crippen LogP) is 0.838. The molecule has 1 rings (SSSR count). The number of ether oxygens (including phenoxy) is 1. The quantitative estimate of drug-likeness (QED) is 0.492. The molecule has 0 bridgehead atoms. The highest BCUT2D eigenvalue weighted by atomic mass is 31.2. The molecule has 0 spiro atoms. The van der Waals surface area contributed by atoms with Crippen molar-refractivity contribution in [1.29, 1.82) is 0 Å². The number of methoxy groups -OCH3 is 1. The SMILES string of the molecule is COC(=O)C(C)OP1OCCO1. The summed E-state index contributed by atoms with van der Waals surface area (Å²) >= 11 is 0. The van der Waals surface area contributed by atoms with Gasteiger partial charge < -0.3 is 13.8 Å². The minimum absolute atomic E-state index is 0.420. The van der Waals surface area contributed by atoms with E-state index in [9.17, 15) is 4.79 Å². The van der Waals surface area contributed by atoms with Crippen LogP contribution < -0.4 is 0 Å². The first kappa shape index (κ1) is 9.86. The lowest BCUT2D eigenvalue weighted by Gasteiger charge is -2.12. The van der Waals surface area contributed by atoms with E-state index in [1.807, 2.05) is 0 Å². The van der Waals surface area contributed by atoms with Crippen LogP contribution in [-0.2, 0) is 23.1 Å². The Bertz CT molecular complexity index is 156. The van der Waals surface area contributed by atoms with E-state index in [1.165, 1.54) is 7.11 Å². The van der Waals surface area contributed by atoms with Gasteiger partial charge >= 0.3 is 14.6 Å². The first-order valence-corrected chi connectivity index (χ1v) is 4.64. The molecule has 0 aromatic heterocycles. The van der Waals surface area contributed by atoms with Crippen LogP contribution >= 0.6 is 8.60 Å². The Hall–Kier alpha value is -0.220. The molecular formula is C6H11O5P. The summed E-state index contributed by atoms with van der Waals surface area (Å²) in [6.45, 7) is 2.65. The van der Waals surface area contributed by atoms with Gasteiger partial charge in [0.15, 0.2) is 6.10 Å². The van der Waals surface area contributed by atoms with Crippen LogP contribution in [0.15, 0.2) is 0 Å². The number of hydrogen-bond donors (Lipinski definition) is 0. The maximum atomic E-state index is 10.9. The minimum Gasteiger partial charge on any atom is -0.467 e. The van der Waals surface area contributed by atoms with Crippen LogP contribution in [0.5, 0.6) is 0 Å². The lowest BCUT2D eigenvalue weighted by molar-refractivity contribution is -0.148. The lowest BCUT2D eigenvalue weighted by atomic mass is 10.4. The zero-order valence-corrected chi connectivity index (χ0v) is 7.87. The van der Waals surface area contributed by atoms with Gasteiger partial charge in [0.1, 0.15) is 0 Å².